The lowest BCUT2D eigenvalue weighted by molar-refractivity contribution is -0.140. The molecule has 0 aliphatic carbocycles. The van der Waals surface area contributed by atoms with Crippen molar-refractivity contribution < 1.29 is 47.4 Å². The first kappa shape index (κ1) is 42.1. The molecule has 272 valence electrons. The number of nitrogens with two attached hydrogens (primary N) is 2. The van der Waals surface area contributed by atoms with Gasteiger partial charge in [0.1, 0.15) is 35.9 Å². The zero-order valence-electron chi connectivity index (χ0n) is 27.3. The predicted molar refractivity (Wildman–Crippen MR) is 179 cm³/mol. The molecule has 15 nitrogen and oxygen atoms in total. The molecule has 0 bridgehead atoms. The number of aliphatic carboxylic acids is 1. The molecule has 2 aromatic heterocycles. The van der Waals surface area contributed by atoms with Crippen LogP contribution in [-0.2, 0) is 30.8 Å². The molecule has 8 N–H and O–H groups in total. The van der Waals surface area contributed by atoms with Crippen molar-refractivity contribution in [1.82, 2.24) is 19.7 Å². The number of halogens is 2. The standard InChI is InChI=1S/C23H20F2N5O5PS.C6H14N2O2.C2H6O/c1-15(22-29-21(10-37-22)17-4-2-16(9-26)3-5-17)23(11-30-13-27-12-28-30,34-14-35-36(31,32)33)19-7-6-18(24)8-20(19)25;7-4-2-1-3-5(8)6(9)10;1-2-3/h2-8,10,12-13,15H,11,14H2,1H3,(H2,31,32,33);5H,1-4,7-8H2,(H,9,10);3H,2H2,1H3/t15-,23?;5-;/m00./s1. The number of unbranched alkanes of at least 4 members (excludes halogenated alkanes) is 1. The van der Waals surface area contributed by atoms with Crippen LogP contribution in [-0.4, -0.2) is 71.7 Å². The van der Waals surface area contributed by atoms with Crippen LogP contribution in [0.15, 0.2) is 60.5 Å². The number of phosphoric acid groups is 1. The van der Waals surface area contributed by atoms with Gasteiger partial charge in [0.2, 0.25) is 0 Å². The van der Waals surface area contributed by atoms with E-state index in [1.54, 1.807) is 43.5 Å². The highest BCUT2D eigenvalue weighted by atomic mass is 32.1. The van der Waals surface area contributed by atoms with Crippen molar-refractivity contribution in [2.45, 2.75) is 57.2 Å². The molecule has 0 fully saturated rings. The second kappa shape index (κ2) is 20.6. The topological polar surface area (TPSA) is 253 Å². The molecule has 0 amide bonds. The minimum atomic E-state index is -4.93. The Labute approximate surface area is 291 Å². The summed E-state index contributed by atoms with van der Waals surface area (Å²) in [5.41, 5.74) is 10.4. The highest BCUT2D eigenvalue weighted by Gasteiger charge is 2.45. The molecule has 0 aliphatic heterocycles. The summed E-state index contributed by atoms with van der Waals surface area (Å²) in [4.78, 5) is 37.1. The second-order valence-corrected chi connectivity index (χ2v) is 12.6. The molecule has 2 heterocycles. The van der Waals surface area contributed by atoms with Gasteiger partial charge >= 0.3 is 13.8 Å². The Hall–Kier alpha value is -4.02. The van der Waals surface area contributed by atoms with Gasteiger partial charge in [-0.05, 0) is 44.5 Å². The van der Waals surface area contributed by atoms with Crippen LogP contribution < -0.4 is 11.5 Å². The first-order chi connectivity index (χ1) is 23.7. The van der Waals surface area contributed by atoms with E-state index in [0.29, 0.717) is 35.3 Å². The molecular weight excluding hydrogens is 699 g/mol. The van der Waals surface area contributed by atoms with Crippen molar-refractivity contribution in [1.29, 1.82) is 5.26 Å². The SMILES string of the molecule is CCO.C[C@@H](c1nc(-c2ccc(C#N)cc2)cs1)C(Cn1cncn1)(OCOP(=O)(O)O)c1ccc(F)cc1F.NCCCC[C@H](N)C(=O)O. The van der Waals surface area contributed by atoms with E-state index in [0.717, 1.165) is 24.5 Å². The molecule has 4 aromatic rings. The molecule has 4 rings (SSSR count). The van der Waals surface area contributed by atoms with E-state index in [1.165, 1.54) is 34.7 Å². The summed E-state index contributed by atoms with van der Waals surface area (Å²) in [7, 11) is -4.93. The Balaban J connectivity index is 0.000000569. The normalized spacial score (nSPS) is 13.4. The third kappa shape index (κ3) is 13.0. The molecule has 3 atom stereocenters. The maximum Gasteiger partial charge on any atom is 0.471 e. The van der Waals surface area contributed by atoms with E-state index in [1.807, 2.05) is 0 Å². The number of ether oxygens (including phenoxy) is 1. The molecule has 0 saturated heterocycles. The lowest BCUT2D eigenvalue weighted by Crippen LogP contribution is -2.41. The van der Waals surface area contributed by atoms with E-state index < -0.39 is 49.8 Å². The number of carbonyl (C=O) groups is 1. The van der Waals surface area contributed by atoms with Gasteiger partial charge in [0.25, 0.3) is 0 Å². The zero-order chi connectivity index (χ0) is 37.3. The summed E-state index contributed by atoms with van der Waals surface area (Å²) in [6, 6.07) is 11.1. The number of phosphoric ester groups is 1. The van der Waals surface area contributed by atoms with Gasteiger partial charge in [-0.15, -0.1) is 11.3 Å². The third-order valence-corrected chi connectivity index (χ3v) is 8.45. The molecule has 19 heteroatoms. The quantitative estimate of drug-likeness (QED) is 0.0575. The minimum absolute atomic E-state index is 0.0960. The number of nitriles is 1. The fourth-order valence-corrected chi connectivity index (χ4v) is 5.61. The Morgan fingerprint density at radius 1 is 1.20 bits per heavy atom. The number of hydrogen-bond donors (Lipinski definition) is 6. The van der Waals surface area contributed by atoms with Crippen LogP contribution in [0.25, 0.3) is 11.3 Å². The summed E-state index contributed by atoms with van der Waals surface area (Å²) < 4.78 is 52.2. The third-order valence-electron chi connectivity index (χ3n) is 6.98. The van der Waals surface area contributed by atoms with Crippen molar-refractivity contribution in [3.05, 3.63) is 88.3 Å². The second-order valence-electron chi connectivity index (χ2n) is 10.5. The first-order valence-electron chi connectivity index (χ1n) is 15.1. The fraction of sp³-hybridized carbons (Fsp3) is 0.387. The highest BCUT2D eigenvalue weighted by Crippen LogP contribution is 2.46. The summed E-state index contributed by atoms with van der Waals surface area (Å²) in [6.07, 6.45) is 4.78. The highest BCUT2D eigenvalue weighted by molar-refractivity contribution is 7.46. The van der Waals surface area contributed by atoms with Gasteiger partial charge in [-0.1, -0.05) is 31.5 Å². The largest absolute Gasteiger partial charge is 0.480 e. The van der Waals surface area contributed by atoms with Crippen LogP contribution in [0.4, 0.5) is 8.78 Å². The van der Waals surface area contributed by atoms with Crippen LogP contribution in [0.2, 0.25) is 0 Å². The van der Waals surface area contributed by atoms with Crippen molar-refractivity contribution in [3.8, 4) is 17.3 Å². The number of hydrogen-bond acceptors (Lipinski definition) is 12. The number of aliphatic hydroxyl groups is 1. The first-order valence-corrected chi connectivity index (χ1v) is 17.5. The van der Waals surface area contributed by atoms with E-state index >= 15 is 4.39 Å². The average molecular weight is 740 g/mol. The maximum absolute atomic E-state index is 15.2. The van der Waals surface area contributed by atoms with Crippen LogP contribution >= 0.6 is 19.2 Å². The van der Waals surface area contributed by atoms with E-state index in [9.17, 15) is 23.5 Å². The van der Waals surface area contributed by atoms with Gasteiger partial charge < -0.3 is 36.2 Å². The predicted octanol–water partition coefficient (Wildman–Crippen LogP) is 3.86. The van der Waals surface area contributed by atoms with Crippen LogP contribution in [0.1, 0.15) is 55.2 Å². The zero-order valence-corrected chi connectivity index (χ0v) is 29.0. The summed E-state index contributed by atoms with van der Waals surface area (Å²) in [5, 5.41) is 31.3. The molecule has 0 aliphatic rings. The van der Waals surface area contributed by atoms with Gasteiger partial charge in [-0.3, -0.25) is 9.32 Å². The van der Waals surface area contributed by atoms with Gasteiger partial charge in [0.05, 0.1) is 28.9 Å². The van der Waals surface area contributed by atoms with Crippen LogP contribution in [0.3, 0.4) is 0 Å². The monoisotopic (exact) mass is 739 g/mol. The number of carboxylic acids is 1. The Kier molecular flexibility index (Phi) is 17.4. The average Bonchev–Trinajstić information content (AvgIpc) is 3.77. The van der Waals surface area contributed by atoms with Gasteiger partial charge in [-0.25, -0.2) is 28.0 Å². The Bertz CT molecular complexity index is 1700. The number of rotatable bonds is 15. The number of benzene rings is 2. The number of nitrogens with zero attached hydrogens (tertiary/aromatic N) is 5. The van der Waals surface area contributed by atoms with Crippen molar-refractivity contribution in [3.63, 3.8) is 0 Å². The lowest BCUT2D eigenvalue weighted by atomic mass is 9.81. The van der Waals surface area contributed by atoms with E-state index in [4.69, 9.17) is 31.7 Å². The number of thiazole rings is 1. The van der Waals surface area contributed by atoms with Crippen molar-refractivity contribution >= 4 is 25.1 Å². The summed E-state index contributed by atoms with van der Waals surface area (Å²) >= 11 is 1.25. The molecule has 1 unspecified atom stereocenters. The lowest BCUT2D eigenvalue weighted by Gasteiger charge is -2.38. The van der Waals surface area contributed by atoms with Gasteiger partial charge in [-0.2, -0.15) is 10.4 Å². The Morgan fingerprint density at radius 3 is 2.42 bits per heavy atom. The number of carboxylic acid groups (broad SMARTS) is 1. The van der Waals surface area contributed by atoms with Crippen molar-refractivity contribution in [2.75, 3.05) is 19.9 Å². The van der Waals surface area contributed by atoms with E-state index in [2.05, 4.69) is 25.7 Å². The van der Waals surface area contributed by atoms with Gasteiger partial charge in [0.15, 0.2) is 6.79 Å². The molecule has 0 radical (unpaired) electrons. The Morgan fingerprint density at radius 2 is 1.88 bits per heavy atom. The molecule has 2 aromatic carbocycles. The summed E-state index contributed by atoms with van der Waals surface area (Å²) in [6.45, 7) is 3.14. The van der Waals surface area contributed by atoms with E-state index in [-0.39, 0.29) is 18.7 Å². The van der Waals surface area contributed by atoms with Crippen LogP contribution in [0, 0.1) is 23.0 Å². The molecule has 50 heavy (non-hydrogen) atoms. The molecule has 0 spiro atoms. The fourth-order valence-electron chi connectivity index (χ4n) is 4.46. The number of aliphatic hydroxyl groups excluding tert-OH is 1. The minimum Gasteiger partial charge on any atom is -0.480 e. The smallest absolute Gasteiger partial charge is 0.471 e. The van der Waals surface area contributed by atoms with Crippen molar-refractivity contribution in [2.24, 2.45) is 11.5 Å². The molecular formula is C31H40F2N7O8PS. The number of aromatic nitrogens is 4. The van der Waals surface area contributed by atoms with Gasteiger partial charge in [0, 0.05) is 35.1 Å². The summed E-state index contributed by atoms with van der Waals surface area (Å²) in [5.74, 6) is -3.44. The maximum atomic E-state index is 15.2. The molecule has 0 saturated carbocycles. The van der Waals surface area contributed by atoms with Crippen LogP contribution in [0.5, 0.6) is 0 Å².